The van der Waals surface area contributed by atoms with Gasteiger partial charge in [0.15, 0.2) is 23.0 Å². The Morgan fingerprint density at radius 2 is 1.56 bits per heavy atom. The largest absolute Gasteiger partial charge is 0.493 e. The van der Waals surface area contributed by atoms with E-state index in [1.165, 1.54) is 25.2 Å². The summed E-state index contributed by atoms with van der Waals surface area (Å²) in [5.41, 5.74) is 1.36. The second-order valence-electron chi connectivity index (χ2n) is 7.03. The molecule has 172 valence electrons. The molecule has 2 amide bonds. The van der Waals surface area contributed by atoms with Gasteiger partial charge in [-0.3, -0.25) is 9.59 Å². The Balaban J connectivity index is 2.27. The van der Waals surface area contributed by atoms with Crippen LogP contribution >= 0.6 is 0 Å². The summed E-state index contributed by atoms with van der Waals surface area (Å²) in [7, 11) is 7.79. The SMILES string of the molecule is CCCOc1ccc(/C=C/C(=O)Nc2cc(OC)c(OC)cc2C(=O)N(C)C)cc1OC. The maximum Gasteiger partial charge on any atom is 0.255 e. The third-order valence-corrected chi connectivity index (χ3v) is 4.49. The van der Waals surface area contributed by atoms with Gasteiger partial charge in [0, 0.05) is 26.2 Å². The van der Waals surface area contributed by atoms with Crippen LogP contribution in [0.3, 0.4) is 0 Å². The van der Waals surface area contributed by atoms with Crippen LogP contribution in [-0.4, -0.2) is 58.7 Å². The summed E-state index contributed by atoms with van der Waals surface area (Å²) in [4.78, 5) is 26.6. The summed E-state index contributed by atoms with van der Waals surface area (Å²) in [5.74, 6) is 1.33. The molecule has 8 heteroatoms. The number of benzene rings is 2. The van der Waals surface area contributed by atoms with E-state index < -0.39 is 5.91 Å². The Morgan fingerprint density at radius 1 is 0.938 bits per heavy atom. The fraction of sp³-hybridized carbons (Fsp3) is 0.333. The molecular formula is C24H30N2O6. The van der Waals surface area contributed by atoms with Crippen molar-refractivity contribution in [1.82, 2.24) is 4.90 Å². The van der Waals surface area contributed by atoms with Gasteiger partial charge in [-0.05, 0) is 36.3 Å². The Labute approximate surface area is 188 Å². The summed E-state index contributed by atoms with van der Waals surface area (Å²) in [6.45, 7) is 2.62. The van der Waals surface area contributed by atoms with E-state index in [0.717, 1.165) is 12.0 Å². The van der Waals surface area contributed by atoms with Gasteiger partial charge >= 0.3 is 0 Å². The lowest BCUT2D eigenvalue weighted by atomic mass is 10.1. The van der Waals surface area contributed by atoms with E-state index in [4.69, 9.17) is 18.9 Å². The zero-order chi connectivity index (χ0) is 23.7. The first-order chi connectivity index (χ1) is 15.3. The maximum atomic E-state index is 12.6. The molecule has 2 rings (SSSR count). The van der Waals surface area contributed by atoms with Crippen LogP contribution in [0.25, 0.3) is 6.08 Å². The molecule has 8 nitrogen and oxygen atoms in total. The quantitative estimate of drug-likeness (QED) is 0.563. The molecule has 0 heterocycles. The average molecular weight is 443 g/mol. The molecule has 0 aromatic heterocycles. The minimum atomic E-state index is -0.407. The summed E-state index contributed by atoms with van der Waals surface area (Å²) in [5, 5.41) is 2.75. The van der Waals surface area contributed by atoms with Gasteiger partial charge in [-0.25, -0.2) is 0 Å². The van der Waals surface area contributed by atoms with E-state index in [1.54, 1.807) is 51.5 Å². The summed E-state index contributed by atoms with van der Waals surface area (Å²) in [6, 6.07) is 8.51. The molecule has 0 fully saturated rings. The minimum Gasteiger partial charge on any atom is -0.493 e. The highest BCUT2D eigenvalue weighted by atomic mass is 16.5. The van der Waals surface area contributed by atoms with Crippen LogP contribution in [0.2, 0.25) is 0 Å². The van der Waals surface area contributed by atoms with E-state index in [0.29, 0.717) is 35.3 Å². The van der Waals surface area contributed by atoms with Crippen molar-refractivity contribution in [2.24, 2.45) is 0 Å². The number of amides is 2. The zero-order valence-corrected chi connectivity index (χ0v) is 19.4. The highest BCUT2D eigenvalue weighted by Gasteiger charge is 2.19. The number of hydrogen-bond acceptors (Lipinski definition) is 6. The third-order valence-electron chi connectivity index (χ3n) is 4.49. The first-order valence-corrected chi connectivity index (χ1v) is 10.1. The average Bonchev–Trinajstić information content (AvgIpc) is 2.80. The molecule has 0 aliphatic heterocycles. The summed E-state index contributed by atoms with van der Waals surface area (Å²) in [6.07, 6.45) is 3.91. The Morgan fingerprint density at radius 3 is 2.16 bits per heavy atom. The fourth-order valence-electron chi connectivity index (χ4n) is 2.87. The lowest BCUT2D eigenvalue weighted by Crippen LogP contribution is -2.24. The molecular weight excluding hydrogens is 412 g/mol. The molecule has 0 saturated carbocycles. The minimum absolute atomic E-state index is 0.280. The normalized spacial score (nSPS) is 10.6. The van der Waals surface area contributed by atoms with Gasteiger partial charge in [-0.2, -0.15) is 0 Å². The number of nitrogens with zero attached hydrogens (tertiary/aromatic N) is 1. The van der Waals surface area contributed by atoms with E-state index >= 15 is 0 Å². The molecule has 0 bridgehead atoms. The number of carbonyl (C=O) groups excluding carboxylic acids is 2. The lowest BCUT2D eigenvalue weighted by molar-refractivity contribution is -0.111. The first kappa shape index (κ1) is 24.6. The van der Waals surface area contributed by atoms with Crippen LogP contribution in [0.1, 0.15) is 29.3 Å². The molecule has 2 aromatic carbocycles. The molecule has 0 aliphatic carbocycles. The molecule has 0 radical (unpaired) electrons. The van der Waals surface area contributed by atoms with Crippen LogP contribution in [-0.2, 0) is 4.79 Å². The first-order valence-electron chi connectivity index (χ1n) is 10.1. The maximum absolute atomic E-state index is 12.6. The second-order valence-corrected chi connectivity index (χ2v) is 7.03. The van der Waals surface area contributed by atoms with Crippen LogP contribution in [0.5, 0.6) is 23.0 Å². The third kappa shape index (κ3) is 6.16. The van der Waals surface area contributed by atoms with Crippen molar-refractivity contribution >= 4 is 23.6 Å². The zero-order valence-electron chi connectivity index (χ0n) is 19.4. The number of ether oxygens (including phenoxy) is 4. The monoisotopic (exact) mass is 442 g/mol. The van der Waals surface area contributed by atoms with Gasteiger partial charge < -0.3 is 29.2 Å². The molecule has 1 N–H and O–H groups in total. The van der Waals surface area contributed by atoms with E-state index in [2.05, 4.69) is 5.32 Å². The Kier molecular flexibility index (Phi) is 8.95. The van der Waals surface area contributed by atoms with Crippen molar-refractivity contribution in [2.45, 2.75) is 13.3 Å². The number of rotatable bonds is 10. The van der Waals surface area contributed by atoms with E-state index in [-0.39, 0.29) is 11.5 Å². The standard InChI is InChI=1S/C24H30N2O6/c1-7-12-32-19-10-8-16(13-20(19)29-4)9-11-23(27)25-18-15-22(31-6)21(30-5)14-17(18)24(28)26(2)3/h8-11,13-15H,7,12H2,1-6H3,(H,25,27)/b11-9+. The van der Waals surface area contributed by atoms with Gasteiger partial charge in [0.05, 0.1) is 39.2 Å². The number of methoxy groups -OCH3 is 3. The molecule has 2 aromatic rings. The smallest absolute Gasteiger partial charge is 0.255 e. The van der Waals surface area contributed by atoms with Gasteiger partial charge in [-0.1, -0.05) is 13.0 Å². The molecule has 0 atom stereocenters. The second kappa shape index (κ2) is 11.6. The van der Waals surface area contributed by atoms with Crippen molar-refractivity contribution in [3.05, 3.63) is 47.5 Å². The predicted molar refractivity (Wildman–Crippen MR) is 124 cm³/mol. The summed E-state index contributed by atoms with van der Waals surface area (Å²) < 4.78 is 21.6. The highest BCUT2D eigenvalue weighted by Crippen LogP contribution is 2.34. The van der Waals surface area contributed by atoms with E-state index in [9.17, 15) is 9.59 Å². The van der Waals surface area contributed by atoms with Gasteiger partial charge in [0.1, 0.15) is 0 Å². The topological polar surface area (TPSA) is 86.3 Å². The Hall–Kier alpha value is -3.68. The number of anilines is 1. The van der Waals surface area contributed by atoms with Crippen LogP contribution < -0.4 is 24.3 Å². The summed E-state index contributed by atoms with van der Waals surface area (Å²) >= 11 is 0. The molecule has 32 heavy (non-hydrogen) atoms. The lowest BCUT2D eigenvalue weighted by Gasteiger charge is -2.17. The van der Waals surface area contributed by atoms with Crippen molar-refractivity contribution in [3.63, 3.8) is 0 Å². The van der Waals surface area contributed by atoms with Crippen molar-refractivity contribution < 1.29 is 28.5 Å². The van der Waals surface area contributed by atoms with Crippen molar-refractivity contribution in [1.29, 1.82) is 0 Å². The van der Waals surface area contributed by atoms with Gasteiger partial charge in [0.25, 0.3) is 5.91 Å². The van der Waals surface area contributed by atoms with Crippen LogP contribution in [0.4, 0.5) is 5.69 Å². The molecule has 0 unspecified atom stereocenters. The van der Waals surface area contributed by atoms with E-state index in [1.807, 2.05) is 13.0 Å². The van der Waals surface area contributed by atoms with Crippen molar-refractivity contribution in [3.8, 4) is 23.0 Å². The number of nitrogens with one attached hydrogen (secondary N) is 1. The van der Waals surface area contributed by atoms with Crippen molar-refractivity contribution in [2.75, 3.05) is 47.3 Å². The fourth-order valence-corrected chi connectivity index (χ4v) is 2.87. The number of carbonyl (C=O) groups is 2. The Bertz CT molecular complexity index is 985. The highest BCUT2D eigenvalue weighted by molar-refractivity contribution is 6.08. The molecule has 0 spiro atoms. The van der Waals surface area contributed by atoms with Gasteiger partial charge in [-0.15, -0.1) is 0 Å². The van der Waals surface area contributed by atoms with Crippen LogP contribution in [0.15, 0.2) is 36.4 Å². The number of hydrogen-bond donors (Lipinski definition) is 1. The predicted octanol–water partition coefficient (Wildman–Crippen LogP) is 3.85. The van der Waals surface area contributed by atoms with Gasteiger partial charge in [0.2, 0.25) is 5.91 Å². The van der Waals surface area contributed by atoms with Crippen LogP contribution in [0, 0.1) is 0 Å². The molecule has 0 saturated heterocycles. The molecule has 0 aliphatic rings.